The second kappa shape index (κ2) is 4.16. The van der Waals surface area contributed by atoms with Gasteiger partial charge in [0.2, 0.25) is 11.7 Å². The summed E-state index contributed by atoms with van der Waals surface area (Å²) in [5.74, 6) is 1.74. The van der Waals surface area contributed by atoms with Crippen LogP contribution in [-0.2, 0) is 6.54 Å². The Morgan fingerprint density at radius 1 is 1.10 bits per heavy atom. The smallest absolute Gasteiger partial charge is 0.231 e. The summed E-state index contributed by atoms with van der Waals surface area (Å²) < 4.78 is 5.48. The van der Waals surface area contributed by atoms with Crippen LogP contribution in [0.3, 0.4) is 0 Å². The Bertz CT molecular complexity index is 611. The molecule has 1 fully saturated rings. The van der Waals surface area contributed by atoms with Crippen molar-refractivity contribution in [1.29, 1.82) is 0 Å². The zero-order chi connectivity index (χ0) is 14.5. The summed E-state index contributed by atoms with van der Waals surface area (Å²) in [4.78, 5) is 4.58. The highest BCUT2D eigenvalue weighted by Crippen LogP contribution is 2.73. The maximum absolute atomic E-state index is 5.60. The standard InChI is InChI=1S/C16H21N3O/c1-15(2)12(16(15,3)4)14-18-13(19-20-14)11-7-5-10(9-17)6-8-11/h5-8,12H,9,17H2,1-4H3. The van der Waals surface area contributed by atoms with Gasteiger partial charge in [0.15, 0.2) is 0 Å². The first-order chi connectivity index (χ1) is 9.38. The van der Waals surface area contributed by atoms with Crippen LogP contribution in [0.4, 0.5) is 0 Å². The number of nitrogens with zero attached hydrogens (tertiary/aromatic N) is 2. The molecule has 0 spiro atoms. The molecular weight excluding hydrogens is 250 g/mol. The van der Waals surface area contributed by atoms with E-state index in [0.29, 0.717) is 18.3 Å². The molecule has 1 aromatic heterocycles. The average molecular weight is 271 g/mol. The van der Waals surface area contributed by atoms with Crippen molar-refractivity contribution in [2.24, 2.45) is 16.6 Å². The Hall–Kier alpha value is -1.68. The van der Waals surface area contributed by atoms with Crippen LogP contribution in [0.25, 0.3) is 11.4 Å². The third-order valence-electron chi connectivity index (χ3n) is 5.16. The highest BCUT2D eigenvalue weighted by Gasteiger charge is 2.67. The molecule has 3 rings (SSSR count). The van der Waals surface area contributed by atoms with E-state index in [0.717, 1.165) is 17.0 Å². The minimum absolute atomic E-state index is 0.209. The van der Waals surface area contributed by atoms with E-state index in [9.17, 15) is 0 Å². The van der Waals surface area contributed by atoms with Crippen LogP contribution in [0.15, 0.2) is 28.8 Å². The Kier molecular flexibility index (Phi) is 2.77. The van der Waals surface area contributed by atoms with Crippen LogP contribution in [-0.4, -0.2) is 10.1 Å². The van der Waals surface area contributed by atoms with Gasteiger partial charge in [-0.3, -0.25) is 0 Å². The quantitative estimate of drug-likeness (QED) is 0.929. The topological polar surface area (TPSA) is 64.9 Å². The van der Waals surface area contributed by atoms with Crippen LogP contribution in [0.5, 0.6) is 0 Å². The highest BCUT2D eigenvalue weighted by molar-refractivity contribution is 5.54. The van der Waals surface area contributed by atoms with E-state index in [1.807, 2.05) is 24.3 Å². The summed E-state index contributed by atoms with van der Waals surface area (Å²) in [5, 5.41) is 4.12. The van der Waals surface area contributed by atoms with Crippen LogP contribution in [0, 0.1) is 10.8 Å². The van der Waals surface area contributed by atoms with Gasteiger partial charge in [0.25, 0.3) is 0 Å². The Labute approximate surface area is 119 Å². The lowest BCUT2D eigenvalue weighted by Crippen LogP contribution is -1.95. The van der Waals surface area contributed by atoms with Crippen LogP contribution >= 0.6 is 0 Å². The largest absolute Gasteiger partial charge is 0.339 e. The number of hydrogen-bond acceptors (Lipinski definition) is 4. The molecule has 20 heavy (non-hydrogen) atoms. The predicted molar refractivity (Wildman–Crippen MR) is 77.9 cm³/mol. The Morgan fingerprint density at radius 2 is 1.70 bits per heavy atom. The third-order valence-corrected chi connectivity index (χ3v) is 5.16. The maximum atomic E-state index is 5.60. The van der Waals surface area contributed by atoms with Gasteiger partial charge in [-0.2, -0.15) is 4.98 Å². The van der Waals surface area contributed by atoms with Crippen molar-refractivity contribution >= 4 is 0 Å². The molecule has 2 N–H and O–H groups in total. The minimum atomic E-state index is 0.209. The van der Waals surface area contributed by atoms with Crippen molar-refractivity contribution in [2.45, 2.75) is 40.2 Å². The first-order valence-electron chi connectivity index (χ1n) is 7.01. The molecule has 1 aliphatic rings. The van der Waals surface area contributed by atoms with Gasteiger partial charge in [0.05, 0.1) is 0 Å². The van der Waals surface area contributed by atoms with Gasteiger partial charge in [0, 0.05) is 18.0 Å². The molecule has 0 aliphatic heterocycles. The lowest BCUT2D eigenvalue weighted by Gasteiger charge is -2.03. The second-order valence-electron chi connectivity index (χ2n) is 6.73. The maximum Gasteiger partial charge on any atom is 0.231 e. The van der Waals surface area contributed by atoms with Crippen molar-refractivity contribution in [3.8, 4) is 11.4 Å². The predicted octanol–water partition coefficient (Wildman–Crippen LogP) is 3.34. The van der Waals surface area contributed by atoms with Crippen LogP contribution < -0.4 is 5.73 Å². The third kappa shape index (κ3) is 1.79. The zero-order valence-corrected chi connectivity index (χ0v) is 12.5. The van der Waals surface area contributed by atoms with Crippen LogP contribution in [0.1, 0.15) is 45.1 Å². The van der Waals surface area contributed by atoms with E-state index in [1.165, 1.54) is 0 Å². The molecule has 1 aliphatic carbocycles. The molecule has 1 saturated carbocycles. The zero-order valence-electron chi connectivity index (χ0n) is 12.5. The van der Waals surface area contributed by atoms with Gasteiger partial charge in [-0.05, 0) is 16.4 Å². The van der Waals surface area contributed by atoms with Gasteiger partial charge in [-0.25, -0.2) is 0 Å². The van der Waals surface area contributed by atoms with Crippen LogP contribution in [0.2, 0.25) is 0 Å². The lowest BCUT2D eigenvalue weighted by atomic mass is 10.0. The van der Waals surface area contributed by atoms with Crippen molar-refractivity contribution in [3.63, 3.8) is 0 Å². The molecular formula is C16H21N3O. The highest BCUT2D eigenvalue weighted by atomic mass is 16.5. The molecule has 0 atom stereocenters. The van der Waals surface area contributed by atoms with E-state index in [4.69, 9.17) is 10.3 Å². The molecule has 0 amide bonds. The first-order valence-corrected chi connectivity index (χ1v) is 7.01. The molecule has 1 aromatic carbocycles. The number of hydrogen-bond donors (Lipinski definition) is 1. The number of benzene rings is 1. The SMILES string of the molecule is CC1(C)C(c2nc(-c3ccc(CN)cc3)no2)C1(C)C. The first kappa shape index (κ1) is 13.3. The molecule has 4 nitrogen and oxygen atoms in total. The van der Waals surface area contributed by atoms with Crippen molar-refractivity contribution in [3.05, 3.63) is 35.7 Å². The molecule has 106 valence electrons. The summed E-state index contributed by atoms with van der Waals surface area (Å²) >= 11 is 0. The molecule has 0 radical (unpaired) electrons. The molecule has 0 saturated heterocycles. The van der Waals surface area contributed by atoms with Gasteiger partial charge in [0.1, 0.15) is 0 Å². The second-order valence-corrected chi connectivity index (χ2v) is 6.73. The molecule has 0 unspecified atom stereocenters. The Balaban J connectivity index is 1.88. The Morgan fingerprint density at radius 3 is 2.20 bits per heavy atom. The number of nitrogens with two attached hydrogens (primary N) is 1. The average Bonchev–Trinajstić information content (AvgIpc) is 2.75. The van der Waals surface area contributed by atoms with Gasteiger partial charge in [-0.1, -0.05) is 57.1 Å². The number of aromatic nitrogens is 2. The van der Waals surface area contributed by atoms with Gasteiger partial charge >= 0.3 is 0 Å². The van der Waals surface area contributed by atoms with E-state index >= 15 is 0 Å². The van der Waals surface area contributed by atoms with E-state index < -0.39 is 0 Å². The van der Waals surface area contributed by atoms with Gasteiger partial charge in [-0.15, -0.1) is 0 Å². The number of rotatable bonds is 3. The summed E-state index contributed by atoms with van der Waals surface area (Å²) in [6.07, 6.45) is 0. The van der Waals surface area contributed by atoms with E-state index in [1.54, 1.807) is 0 Å². The summed E-state index contributed by atoms with van der Waals surface area (Å²) in [6, 6.07) is 7.97. The van der Waals surface area contributed by atoms with Crippen molar-refractivity contribution < 1.29 is 4.52 Å². The van der Waals surface area contributed by atoms with Crippen molar-refractivity contribution in [2.75, 3.05) is 0 Å². The normalized spacial score (nSPS) is 20.1. The summed E-state index contributed by atoms with van der Waals surface area (Å²) in [7, 11) is 0. The fraction of sp³-hybridized carbons (Fsp3) is 0.500. The lowest BCUT2D eigenvalue weighted by molar-refractivity contribution is 0.365. The van der Waals surface area contributed by atoms with E-state index in [-0.39, 0.29) is 10.8 Å². The monoisotopic (exact) mass is 271 g/mol. The van der Waals surface area contributed by atoms with Crippen molar-refractivity contribution in [1.82, 2.24) is 10.1 Å². The molecule has 4 heteroatoms. The summed E-state index contributed by atoms with van der Waals surface area (Å²) in [5.41, 5.74) is 8.08. The van der Waals surface area contributed by atoms with Gasteiger partial charge < -0.3 is 10.3 Å². The molecule has 2 aromatic rings. The fourth-order valence-corrected chi connectivity index (χ4v) is 3.07. The fourth-order valence-electron chi connectivity index (χ4n) is 3.07. The minimum Gasteiger partial charge on any atom is -0.339 e. The summed E-state index contributed by atoms with van der Waals surface area (Å²) in [6.45, 7) is 9.53. The van der Waals surface area contributed by atoms with E-state index in [2.05, 4.69) is 37.8 Å². The molecule has 1 heterocycles. The molecule has 0 bridgehead atoms.